The van der Waals surface area contributed by atoms with Crippen molar-refractivity contribution in [2.45, 2.75) is 78.4 Å². The van der Waals surface area contributed by atoms with Crippen LogP contribution in [0, 0.1) is 11.8 Å². The SMILES string of the molecule is CCCCCCC1C(=O)O[C@@H](C)[C@@H]1OC(=O)CC(C)C. The Balaban J connectivity index is 2.51. The van der Waals surface area contributed by atoms with Crippen molar-refractivity contribution in [3.63, 3.8) is 0 Å². The van der Waals surface area contributed by atoms with E-state index in [1.54, 1.807) is 6.92 Å². The van der Waals surface area contributed by atoms with Crippen molar-refractivity contribution in [3.05, 3.63) is 0 Å². The van der Waals surface area contributed by atoms with Gasteiger partial charge in [0, 0.05) is 6.42 Å². The second-order valence-electron chi connectivity index (χ2n) is 6.15. The molecule has 0 N–H and O–H groups in total. The van der Waals surface area contributed by atoms with Crippen molar-refractivity contribution in [1.82, 2.24) is 0 Å². The standard InChI is InChI=1S/C16H28O4/c1-5-6-7-8-9-13-15(12(4)19-16(13)18)20-14(17)10-11(2)3/h11-13,15H,5-10H2,1-4H3/t12-,13?,15-/m0/s1. The zero-order chi connectivity index (χ0) is 15.1. The highest BCUT2D eigenvalue weighted by atomic mass is 16.6. The van der Waals surface area contributed by atoms with Crippen LogP contribution in [0.25, 0.3) is 0 Å². The lowest BCUT2D eigenvalue weighted by atomic mass is 9.95. The number of cyclic esters (lactones) is 1. The average molecular weight is 284 g/mol. The first-order valence-corrected chi connectivity index (χ1v) is 7.85. The highest BCUT2D eigenvalue weighted by Crippen LogP contribution is 2.29. The molecule has 0 aromatic carbocycles. The van der Waals surface area contributed by atoms with Crippen molar-refractivity contribution >= 4 is 11.9 Å². The first kappa shape index (κ1) is 17.0. The Bertz CT molecular complexity index is 324. The molecule has 116 valence electrons. The molecule has 20 heavy (non-hydrogen) atoms. The molecule has 1 saturated heterocycles. The minimum absolute atomic E-state index is 0.212. The predicted octanol–water partition coefficient (Wildman–Crippen LogP) is 3.48. The molecule has 0 radical (unpaired) electrons. The minimum Gasteiger partial charge on any atom is -0.458 e. The molecule has 3 atom stereocenters. The summed E-state index contributed by atoms with van der Waals surface area (Å²) in [4.78, 5) is 23.6. The molecule has 0 bridgehead atoms. The van der Waals surface area contributed by atoms with Crippen LogP contribution in [0.3, 0.4) is 0 Å². The third kappa shape index (κ3) is 5.14. The first-order chi connectivity index (χ1) is 9.45. The molecule has 0 aromatic heterocycles. The van der Waals surface area contributed by atoms with Gasteiger partial charge in [0.25, 0.3) is 0 Å². The fraction of sp³-hybridized carbons (Fsp3) is 0.875. The van der Waals surface area contributed by atoms with Crippen LogP contribution in [0.5, 0.6) is 0 Å². The van der Waals surface area contributed by atoms with Gasteiger partial charge in [0.2, 0.25) is 0 Å². The minimum atomic E-state index is -0.407. The molecule has 0 aliphatic carbocycles. The molecule has 0 saturated carbocycles. The van der Waals surface area contributed by atoms with Gasteiger partial charge in [0.15, 0.2) is 6.10 Å². The van der Waals surface area contributed by atoms with Crippen LogP contribution in [-0.4, -0.2) is 24.1 Å². The lowest BCUT2D eigenvalue weighted by Crippen LogP contribution is -2.31. The van der Waals surface area contributed by atoms with Gasteiger partial charge in [-0.2, -0.15) is 0 Å². The van der Waals surface area contributed by atoms with Crippen molar-refractivity contribution in [3.8, 4) is 0 Å². The van der Waals surface area contributed by atoms with E-state index in [1.807, 2.05) is 13.8 Å². The Morgan fingerprint density at radius 3 is 2.60 bits per heavy atom. The van der Waals surface area contributed by atoms with Gasteiger partial charge in [-0.3, -0.25) is 9.59 Å². The van der Waals surface area contributed by atoms with E-state index in [9.17, 15) is 9.59 Å². The van der Waals surface area contributed by atoms with Gasteiger partial charge >= 0.3 is 11.9 Å². The second-order valence-corrected chi connectivity index (χ2v) is 6.15. The van der Waals surface area contributed by atoms with Gasteiger partial charge in [-0.15, -0.1) is 0 Å². The third-order valence-corrected chi connectivity index (χ3v) is 3.68. The molecule has 4 heteroatoms. The van der Waals surface area contributed by atoms with Gasteiger partial charge in [-0.1, -0.05) is 46.5 Å². The monoisotopic (exact) mass is 284 g/mol. The molecule has 1 unspecified atom stereocenters. The molecule has 4 nitrogen and oxygen atoms in total. The van der Waals surface area contributed by atoms with Gasteiger partial charge < -0.3 is 9.47 Å². The molecule has 1 aliphatic heterocycles. The van der Waals surface area contributed by atoms with Crippen molar-refractivity contribution in [2.75, 3.05) is 0 Å². The number of ether oxygens (including phenoxy) is 2. The smallest absolute Gasteiger partial charge is 0.313 e. The maximum Gasteiger partial charge on any atom is 0.313 e. The normalized spacial score (nSPS) is 25.9. The fourth-order valence-electron chi connectivity index (χ4n) is 2.58. The number of hydrogen-bond donors (Lipinski definition) is 0. The predicted molar refractivity (Wildman–Crippen MR) is 77.1 cm³/mol. The summed E-state index contributed by atoms with van der Waals surface area (Å²) in [5.41, 5.74) is 0. The number of carbonyl (C=O) groups excluding carboxylic acids is 2. The summed E-state index contributed by atoms with van der Waals surface area (Å²) in [6, 6.07) is 0. The third-order valence-electron chi connectivity index (χ3n) is 3.68. The fourth-order valence-corrected chi connectivity index (χ4v) is 2.58. The molecule has 0 aromatic rings. The quantitative estimate of drug-likeness (QED) is 0.506. The maximum atomic E-state index is 11.8. The molecule has 0 amide bonds. The summed E-state index contributed by atoms with van der Waals surface area (Å²) in [6.45, 7) is 7.91. The van der Waals surface area contributed by atoms with Crippen LogP contribution in [-0.2, 0) is 19.1 Å². The summed E-state index contributed by atoms with van der Waals surface area (Å²) in [5.74, 6) is -0.457. The Morgan fingerprint density at radius 1 is 1.30 bits per heavy atom. The number of unbranched alkanes of at least 4 members (excludes halogenated alkanes) is 3. The van der Waals surface area contributed by atoms with Gasteiger partial charge in [0.1, 0.15) is 6.10 Å². The molecule has 1 aliphatic rings. The summed E-state index contributed by atoms with van der Waals surface area (Å²) < 4.78 is 10.7. The second kappa shape index (κ2) is 8.28. The maximum absolute atomic E-state index is 11.8. The largest absolute Gasteiger partial charge is 0.458 e. The lowest BCUT2D eigenvalue weighted by molar-refractivity contribution is -0.154. The zero-order valence-corrected chi connectivity index (χ0v) is 13.2. The highest BCUT2D eigenvalue weighted by Gasteiger charge is 2.44. The zero-order valence-electron chi connectivity index (χ0n) is 13.2. The van der Waals surface area contributed by atoms with E-state index in [0.717, 1.165) is 25.7 Å². The van der Waals surface area contributed by atoms with E-state index in [1.165, 1.54) is 6.42 Å². The molecular formula is C16H28O4. The summed E-state index contributed by atoms with van der Waals surface area (Å²) >= 11 is 0. The van der Waals surface area contributed by atoms with Gasteiger partial charge in [0.05, 0.1) is 5.92 Å². The van der Waals surface area contributed by atoms with Gasteiger partial charge in [-0.25, -0.2) is 0 Å². The molecular weight excluding hydrogens is 256 g/mol. The van der Waals surface area contributed by atoms with E-state index in [0.29, 0.717) is 6.42 Å². The Morgan fingerprint density at radius 2 is 2.00 bits per heavy atom. The van der Waals surface area contributed by atoms with Crippen molar-refractivity contribution < 1.29 is 19.1 Å². The van der Waals surface area contributed by atoms with Crippen LogP contribution < -0.4 is 0 Å². The Labute approximate surface area is 122 Å². The number of rotatable bonds is 8. The number of hydrogen-bond acceptors (Lipinski definition) is 4. The Hall–Kier alpha value is -1.06. The number of esters is 2. The van der Waals surface area contributed by atoms with E-state index in [4.69, 9.17) is 9.47 Å². The average Bonchev–Trinajstić information content (AvgIpc) is 2.60. The summed E-state index contributed by atoms with van der Waals surface area (Å²) in [6.07, 6.45) is 4.85. The van der Waals surface area contributed by atoms with Crippen LogP contribution in [0.1, 0.15) is 66.2 Å². The Kier molecular flexibility index (Phi) is 7.03. The van der Waals surface area contributed by atoms with E-state index in [-0.39, 0.29) is 29.9 Å². The van der Waals surface area contributed by atoms with Crippen molar-refractivity contribution in [2.24, 2.45) is 11.8 Å². The molecule has 0 spiro atoms. The van der Waals surface area contributed by atoms with E-state index in [2.05, 4.69) is 6.92 Å². The van der Waals surface area contributed by atoms with E-state index < -0.39 is 6.10 Å². The molecule has 1 fully saturated rings. The highest BCUT2D eigenvalue weighted by molar-refractivity contribution is 5.77. The molecule has 1 heterocycles. The van der Waals surface area contributed by atoms with Crippen LogP contribution >= 0.6 is 0 Å². The summed E-state index contributed by atoms with van der Waals surface area (Å²) in [7, 11) is 0. The van der Waals surface area contributed by atoms with Crippen LogP contribution in [0.4, 0.5) is 0 Å². The number of carbonyl (C=O) groups is 2. The lowest BCUT2D eigenvalue weighted by Gasteiger charge is -2.19. The van der Waals surface area contributed by atoms with Crippen LogP contribution in [0.2, 0.25) is 0 Å². The topological polar surface area (TPSA) is 52.6 Å². The first-order valence-electron chi connectivity index (χ1n) is 7.85. The van der Waals surface area contributed by atoms with Crippen LogP contribution in [0.15, 0.2) is 0 Å². The van der Waals surface area contributed by atoms with Gasteiger partial charge in [-0.05, 0) is 19.3 Å². The van der Waals surface area contributed by atoms with E-state index >= 15 is 0 Å². The molecule has 1 rings (SSSR count). The van der Waals surface area contributed by atoms with Crippen molar-refractivity contribution in [1.29, 1.82) is 0 Å². The summed E-state index contributed by atoms with van der Waals surface area (Å²) in [5, 5.41) is 0.